The van der Waals surface area contributed by atoms with Crippen molar-refractivity contribution in [1.29, 1.82) is 0 Å². The highest BCUT2D eigenvalue weighted by Gasteiger charge is 2.15. The topological polar surface area (TPSA) is 92.9 Å². The van der Waals surface area contributed by atoms with E-state index in [0.717, 1.165) is 22.4 Å². The van der Waals surface area contributed by atoms with Crippen LogP contribution in [0.15, 0.2) is 65.2 Å². The molecule has 0 atom stereocenters. The van der Waals surface area contributed by atoms with Gasteiger partial charge in [-0.3, -0.25) is 4.79 Å². The fraction of sp³-hybridized carbons (Fsp3) is 0.130. The number of amides is 1. The smallest absolute Gasteiger partial charge is 0.274 e. The van der Waals surface area contributed by atoms with E-state index in [2.05, 4.69) is 25.8 Å². The molecule has 4 aromatic rings. The lowest BCUT2D eigenvalue weighted by atomic mass is 10.1. The molecule has 0 saturated heterocycles. The van der Waals surface area contributed by atoms with Crippen LogP contribution in [-0.4, -0.2) is 21.0 Å². The first-order valence-corrected chi connectivity index (χ1v) is 9.52. The van der Waals surface area contributed by atoms with E-state index in [-0.39, 0.29) is 11.6 Å². The number of nitrogens with zero attached hydrogens (tertiary/aromatic N) is 3. The Balaban J connectivity index is 1.71. The lowest BCUT2D eigenvalue weighted by Gasteiger charge is -2.12. The highest BCUT2D eigenvalue weighted by Crippen LogP contribution is 2.23. The van der Waals surface area contributed by atoms with Gasteiger partial charge in [0.2, 0.25) is 0 Å². The zero-order valence-corrected chi connectivity index (χ0v) is 16.9. The summed E-state index contributed by atoms with van der Waals surface area (Å²) in [7, 11) is 0. The molecule has 2 aromatic carbocycles. The largest absolute Gasteiger partial charge is 0.360 e. The number of carbonyl (C=O) groups is 1. The molecular weight excluding hydrogens is 378 g/mol. The van der Waals surface area contributed by atoms with Crippen LogP contribution in [0.5, 0.6) is 0 Å². The van der Waals surface area contributed by atoms with Crippen molar-refractivity contribution in [3.8, 4) is 11.4 Å². The highest BCUT2D eigenvalue weighted by atomic mass is 16.5. The normalized spacial score (nSPS) is 10.6. The maximum Gasteiger partial charge on any atom is 0.274 e. The first kappa shape index (κ1) is 19.3. The maximum absolute atomic E-state index is 13.0. The molecule has 0 fully saturated rings. The van der Waals surface area contributed by atoms with E-state index in [1.807, 2.05) is 62.4 Å². The second-order valence-electron chi connectivity index (χ2n) is 6.98. The summed E-state index contributed by atoms with van der Waals surface area (Å²) in [6.07, 6.45) is 0. The van der Waals surface area contributed by atoms with Crippen LogP contribution in [0.2, 0.25) is 0 Å². The molecule has 0 bridgehead atoms. The van der Waals surface area contributed by atoms with Crippen LogP contribution in [0.3, 0.4) is 0 Å². The number of aromatic nitrogens is 3. The van der Waals surface area contributed by atoms with E-state index >= 15 is 0 Å². The minimum atomic E-state index is -0.317. The number of aryl methyl sites for hydroxylation is 2. The van der Waals surface area contributed by atoms with Crippen molar-refractivity contribution in [3.05, 3.63) is 83.2 Å². The van der Waals surface area contributed by atoms with Gasteiger partial charge < -0.3 is 15.2 Å². The lowest BCUT2D eigenvalue weighted by molar-refractivity contribution is 0.102. The van der Waals surface area contributed by atoms with Crippen molar-refractivity contribution < 1.29 is 9.32 Å². The third-order valence-corrected chi connectivity index (χ3v) is 4.73. The van der Waals surface area contributed by atoms with Crippen molar-refractivity contribution in [1.82, 2.24) is 15.1 Å². The summed E-state index contributed by atoms with van der Waals surface area (Å²) >= 11 is 0. The Morgan fingerprint density at radius 1 is 0.900 bits per heavy atom. The maximum atomic E-state index is 13.0. The van der Waals surface area contributed by atoms with Crippen LogP contribution in [0.1, 0.15) is 27.4 Å². The molecule has 0 saturated carbocycles. The summed E-state index contributed by atoms with van der Waals surface area (Å²) in [6, 6.07) is 18.6. The first-order valence-electron chi connectivity index (χ1n) is 9.52. The average Bonchev–Trinajstić information content (AvgIpc) is 3.16. The van der Waals surface area contributed by atoms with Crippen molar-refractivity contribution in [3.63, 3.8) is 0 Å². The molecule has 4 rings (SSSR count). The minimum Gasteiger partial charge on any atom is -0.360 e. The zero-order chi connectivity index (χ0) is 21.1. The van der Waals surface area contributed by atoms with Gasteiger partial charge in [-0.2, -0.15) is 0 Å². The molecule has 30 heavy (non-hydrogen) atoms. The SMILES string of the molecule is Cc1cc(Nc2cc(C(=O)Nc3cccc(C)c3C)nc(-c3ccccc3)n2)no1. The summed E-state index contributed by atoms with van der Waals surface area (Å²) in [5, 5.41) is 9.96. The quantitative estimate of drug-likeness (QED) is 0.488. The highest BCUT2D eigenvalue weighted by molar-refractivity contribution is 6.04. The predicted molar refractivity (Wildman–Crippen MR) is 116 cm³/mol. The molecule has 2 heterocycles. The van der Waals surface area contributed by atoms with Crippen LogP contribution < -0.4 is 10.6 Å². The van der Waals surface area contributed by atoms with Crippen molar-refractivity contribution in [2.45, 2.75) is 20.8 Å². The Hall–Kier alpha value is -4.00. The summed E-state index contributed by atoms with van der Waals surface area (Å²) < 4.78 is 5.10. The van der Waals surface area contributed by atoms with Gasteiger partial charge in [0.05, 0.1) is 0 Å². The molecule has 1 amide bonds. The van der Waals surface area contributed by atoms with Gasteiger partial charge in [-0.1, -0.05) is 47.6 Å². The molecule has 0 spiro atoms. The summed E-state index contributed by atoms with van der Waals surface area (Å²) in [6.45, 7) is 5.78. The Kier molecular flexibility index (Phi) is 5.26. The number of hydrogen-bond donors (Lipinski definition) is 2. The molecule has 150 valence electrons. The molecule has 0 aliphatic carbocycles. The summed E-state index contributed by atoms with van der Waals surface area (Å²) in [5.41, 5.74) is 3.91. The fourth-order valence-electron chi connectivity index (χ4n) is 2.97. The van der Waals surface area contributed by atoms with E-state index in [1.54, 1.807) is 19.1 Å². The van der Waals surface area contributed by atoms with Crippen LogP contribution in [-0.2, 0) is 0 Å². The Morgan fingerprint density at radius 2 is 1.70 bits per heavy atom. The van der Waals surface area contributed by atoms with E-state index in [0.29, 0.717) is 23.2 Å². The lowest BCUT2D eigenvalue weighted by Crippen LogP contribution is -2.16. The number of carbonyl (C=O) groups excluding carboxylic acids is 1. The summed E-state index contributed by atoms with van der Waals surface area (Å²) in [4.78, 5) is 22.0. The molecule has 2 aromatic heterocycles. The molecule has 7 nitrogen and oxygen atoms in total. The van der Waals surface area contributed by atoms with Crippen molar-refractivity contribution >= 4 is 23.2 Å². The second kappa shape index (κ2) is 8.16. The van der Waals surface area contributed by atoms with E-state index in [1.165, 1.54) is 0 Å². The number of anilines is 3. The standard InChI is InChI=1S/C23H21N5O2/c1-14-8-7-11-18(16(14)3)25-23(29)19-13-20(26-21-12-15(2)30-28-21)27-22(24-19)17-9-5-4-6-10-17/h4-13H,1-3H3,(H,25,29)(H,24,26,27,28). The minimum absolute atomic E-state index is 0.243. The van der Waals surface area contributed by atoms with Crippen LogP contribution >= 0.6 is 0 Å². The van der Waals surface area contributed by atoms with Gasteiger partial charge in [-0.25, -0.2) is 9.97 Å². The predicted octanol–water partition coefficient (Wildman–Crippen LogP) is 5.05. The number of rotatable bonds is 5. The van der Waals surface area contributed by atoms with Gasteiger partial charge in [0.25, 0.3) is 5.91 Å². The van der Waals surface area contributed by atoms with Crippen LogP contribution in [0.4, 0.5) is 17.3 Å². The van der Waals surface area contributed by atoms with Crippen molar-refractivity contribution in [2.75, 3.05) is 10.6 Å². The van der Waals surface area contributed by atoms with Gasteiger partial charge in [-0.15, -0.1) is 0 Å². The average molecular weight is 399 g/mol. The molecule has 2 N–H and O–H groups in total. The number of benzene rings is 2. The first-order chi connectivity index (χ1) is 14.5. The van der Waals surface area contributed by atoms with Gasteiger partial charge >= 0.3 is 0 Å². The fourth-order valence-corrected chi connectivity index (χ4v) is 2.97. The monoisotopic (exact) mass is 399 g/mol. The Morgan fingerprint density at radius 3 is 2.43 bits per heavy atom. The molecule has 0 aliphatic rings. The van der Waals surface area contributed by atoms with E-state index in [4.69, 9.17) is 4.52 Å². The molecule has 7 heteroatoms. The van der Waals surface area contributed by atoms with Gasteiger partial charge in [0.15, 0.2) is 11.6 Å². The molecule has 0 aliphatic heterocycles. The van der Waals surface area contributed by atoms with Crippen LogP contribution in [0.25, 0.3) is 11.4 Å². The molecular formula is C23H21N5O2. The van der Waals surface area contributed by atoms with Gasteiger partial charge in [0, 0.05) is 23.4 Å². The second-order valence-corrected chi connectivity index (χ2v) is 6.98. The van der Waals surface area contributed by atoms with Crippen LogP contribution in [0, 0.1) is 20.8 Å². The summed E-state index contributed by atoms with van der Waals surface area (Å²) in [5.74, 6) is 1.74. The molecule has 0 radical (unpaired) electrons. The van der Waals surface area contributed by atoms with E-state index in [9.17, 15) is 4.79 Å². The zero-order valence-electron chi connectivity index (χ0n) is 16.9. The number of nitrogens with one attached hydrogen (secondary N) is 2. The van der Waals surface area contributed by atoms with E-state index < -0.39 is 0 Å². The third-order valence-electron chi connectivity index (χ3n) is 4.73. The van der Waals surface area contributed by atoms with Gasteiger partial charge in [-0.05, 0) is 38.0 Å². The van der Waals surface area contributed by atoms with Crippen molar-refractivity contribution in [2.24, 2.45) is 0 Å². The van der Waals surface area contributed by atoms with Gasteiger partial charge in [0.1, 0.15) is 17.3 Å². The Bertz CT molecular complexity index is 1200. The third kappa shape index (κ3) is 4.20. The molecule has 0 unspecified atom stereocenters. The Labute approximate surface area is 174 Å². The number of hydrogen-bond acceptors (Lipinski definition) is 6.